The second-order valence-electron chi connectivity index (χ2n) is 7.35. The van der Waals surface area contributed by atoms with Crippen LogP contribution in [-0.4, -0.2) is 89.0 Å². The second-order valence-corrected chi connectivity index (χ2v) is 9.29. The highest BCUT2D eigenvalue weighted by atomic mass is 32.2. The van der Waals surface area contributed by atoms with Gasteiger partial charge in [-0.1, -0.05) is 0 Å². The Morgan fingerprint density at radius 1 is 1.04 bits per heavy atom. The number of benzene rings is 1. The Morgan fingerprint density at radius 3 is 2.36 bits per heavy atom. The van der Waals surface area contributed by atoms with Crippen molar-refractivity contribution in [1.82, 2.24) is 14.1 Å². The minimum Gasteiger partial charge on any atom is -0.493 e. The zero-order chi connectivity index (χ0) is 20.3. The summed E-state index contributed by atoms with van der Waals surface area (Å²) in [6, 6.07) is 4.57. The zero-order valence-corrected chi connectivity index (χ0v) is 17.6. The number of hydrogen-bond acceptors (Lipinski definition) is 6. The van der Waals surface area contributed by atoms with E-state index >= 15 is 0 Å². The van der Waals surface area contributed by atoms with E-state index in [1.807, 2.05) is 11.9 Å². The second kappa shape index (κ2) is 8.67. The van der Waals surface area contributed by atoms with E-state index in [2.05, 4.69) is 4.90 Å². The number of nitrogens with zero attached hydrogens (tertiary/aromatic N) is 3. The van der Waals surface area contributed by atoms with Crippen molar-refractivity contribution in [1.29, 1.82) is 0 Å². The Bertz CT molecular complexity index is 806. The van der Waals surface area contributed by atoms with Crippen LogP contribution in [-0.2, 0) is 14.8 Å². The van der Waals surface area contributed by atoms with E-state index in [1.165, 1.54) is 30.7 Å². The molecule has 1 aromatic carbocycles. The van der Waals surface area contributed by atoms with Crippen molar-refractivity contribution in [2.75, 3.05) is 60.5 Å². The number of piperazine rings is 1. The SMILES string of the molecule is COc1ccc(S(=O)(=O)N2CCC[C@@H](C(=O)N3CCN(C)CC3)C2)cc1OC. The Labute approximate surface area is 167 Å². The molecule has 2 heterocycles. The minimum absolute atomic E-state index is 0.0697. The standard InChI is InChI=1S/C19H29N3O5S/c1-20-9-11-21(12-10-20)19(23)15-5-4-8-22(14-15)28(24,25)16-6-7-17(26-2)18(13-16)27-3/h6-7,13,15H,4-5,8-12,14H2,1-3H3/t15-/m1/s1. The molecule has 0 saturated carbocycles. The fourth-order valence-corrected chi connectivity index (χ4v) is 5.31. The van der Waals surface area contributed by atoms with Gasteiger partial charge in [-0.25, -0.2) is 8.42 Å². The molecule has 0 spiro atoms. The highest BCUT2D eigenvalue weighted by Crippen LogP contribution is 2.32. The van der Waals surface area contributed by atoms with Crippen LogP contribution in [0.25, 0.3) is 0 Å². The van der Waals surface area contributed by atoms with Gasteiger partial charge in [0.15, 0.2) is 11.5 Å². The first-order valence-electron chi connectivity index (χ1n) is 9.56. The highest BCUT2D eigenvalue weighted by Gasteiger charge is 2.36. The fraction of sp³-hybridized carbons (Fsp3) is 0.632. The van der Waals surface area contributed by atoms with Crippen LogP contribution in [0.2, 0.25) is 0 Å². The maximum Gasteiger partial charge on any atom is 0.243 e. The molecule has 2 aliphatic rings. The number of amides is 1. The summed E-state index contributed by atoms with van der Waals surface area (Å²) in [5.74, 6) is 0.626. The number of rotatable bonds is 5. The van der Waals surface area contributed by atoms with Crippen LogP contribution in [0.5, 0.6) is 11.5 Å². The summed E-state index contributed by atoms with van der Waals surface area (Å²) in [7, 11) is 1.31. The summed E-state index contributed by atoms with van der Waals surface area (Å²) >= 11 is 0. The van der Waals surface area contributed by atoms with Gasteiger partial charge in [0.05, 0.1) is 25.0 Å². The Kier molecular flexibility index (Phi) is 6.47. The van der Waals surface area contributed by atoms with E-state index in [0.717, 1.165) is 19.5 Å². The van der Waals surface area contributed by atoms with Crippen LogP contribution in [0.3, 0.4) is 0 Å². The summed E-state index contributed by atoms with van der Waals surface area (Å²) < 4.78 is 38.1. The lowest BCUT2D eigenvalue weighted by atomic mass is 9.98. The quantitative estimate of drug-likeness (QED) is 0.716. The molecule has 0 N–H and O–H groups in total. The predicted octanol–water partition coefficient (Wildman–Crippen LogP) is 0.879. The molecule has 2 saturated heterocycles. The van der Waals surface area contributed by atoms with Crippen LogP contribution in [0.15, 0.2) is 23.1 Å². The van der Waals surface area contributed by atoms with Crippen molar-refractivity contribution in [3.63, 3.8) is 0 Å². The Balaban J connectivity index is 1.75. The number of hydrogen-bond donors (Lipinski definition) is 0. The molecule has 0 radical (unpaired) electrons. The topological polar surface area (TPSA) is 79.4 Å². The largest absolute Gasteiger partial charge is 0.493 e. The molecule has 0 aliphatic carbocycles. The molecule has 28 heavy (non-hydrogen) atoms. The van der Waals surface area contributed by atoms with Crippen LogP contribution >= 0.6 is 0 Å². The van der Waals surface area contributed by atoms with Crippen LogP contribution in [0.1, 0.15) is 12.8 Å². The van der Waals surface area contributed by atoms with Crippen LogP contribution in [0, 0.1) is 5.92 Å². The maximum atomic E-state index is 13.1. The molecule has 1 amide bonds. The van der Waals surface area contributed by atoms with Crippen LogP contribution < -0.4 is 9.47 Å². The first kappa shape index (κ1) is 20.9. The average Bonchev–Trinajstić information content (AvgIpc) is 2.73. The van der Waals surface area contributed by atoms with E-state index in [0.29, 0.717) is 37.6 Å². The predicted molar refractivity (Wildman–Crippen MR) is 105 cm³/mol. The van der Waals surface area contributed by atoms with Gasteiger partial charge in [0.2, 0.25) is 15.9 Å². The maximum absolute atomic E-state index is 13.1. The van der Waals surface area contributed by atoms with E-state index < -0.39 is 10.0 Å². The molecular weight excluding hydrogens is 382 g/mol. The zero-order valence-electron chi connectivity index (χ0n) is 16.8. The van der Waals surface area contributed by atoms with Crippen molar-refractivity contribution in [3.05, 3.63) is 18.2 Å². The number of carbonyl (C=O) groups is 1. The molecule has 0 unspecified atom stereocenters. The summed E-state index contributed by atoms with van der Waals surface area (Å²) in [4.78, 5) is 17.1. The lowest BCUT2D eigenvalue weighted by Crippen LogP contribution is -2.52. The molecule has 0 bridgehead atoms. The summed E-state index contributed by atoms with van der Waals surface area (Å²) in [6.07, 6.45) is 1.40. The van der Waals surface area contributed by atoms with Gasteiger partial charge in [0.1, 0.15) is 0 Å². The molecular formula is C19H29N3O5S. The van der Waals surface area contributed by atoms with Gasteiger partial charge in [-0.2, -0.15) is 4.31 Å². The molecule has 9 heteroatoms. The number of sulfonamides is 1. The van der Waals surface area contributed by atoms with Crippen LogP contribution in [0.4, 0.5) is 0 Å². The molecule has 2 fully saturated rings. The van der Waals surface area contributed by atoms with Gasteiger partial charge in [0.25, 0.3) is 0 Å². The highest BCUT2D eigenvalue weighted by molar-refractivity contribution is 7.89. The number of methoxy groups -OCH3 is 2. The van der Waals surface area contributed by atoms with Gasteiger partial charge in [-0.15, -0.1) is 0 Å². The lowest BCUT2D eigenvalue weighted by Gasteiger charge is -2.37. The number of ether oxygens (including phenoxy) is 2. The average molecular weight is 412 g/mol. The fourth-order valence-electron chi connectivity index (χ4n) is 3.77. The summed E-state index contributed by atoms with van der Waals surface area (Å²) in [5.41, 5.74) is 0. The number of likely N-dealkylation sites (N-methyl/N-ethyl adjacent to an activating group) is 1. The van der Waals surface area contributed by atoms with Crippen molar-refractivity contribution in [3.8, 4) is 11.5 Å². The normalized spacial score (nSPS) is 22.1. The van der Waals surface area contributed by atoms with Gasteiger partial charge < -0.3 is 19.3 Å². The smallest absolute Gasteiger partial charge is 0.243 e. The monoisotopic (exact) mass is 411 g/mol. The minimum atomic E-state index is -3.71. The Morgan fingerprint density at radius 2 is 1.71 bits per heavy atom. The third-order valence-electron chi connectivity index (χ3n) is 5.54. The molecule has 2 aliphatic heterocycles. The number of carbonyl (C=O) groups excluding carboxylic acids is 1. The summed E-state index contributed by atoms with van der Waals surface area (Å²) in [5, 5.41) is 0. The first-order chi connectivity index (χ1) is 13.4. The van der Waals surface area contributed by atoms with Gasteiger partial charge in [-0.05, 0) is 32.0 Å². The third kappa shape index (κ3) is 4.26. The van der Waals surface area contributed by atoms with Gasteiger partial charge in [0, 0.05) is 45.3 Å². The van der Waals surface area contributed by atoms with Gasteiger partial charge in [-0.3, -0.25) is 4.79 Å². The van der Waals surface area contributed by atoms with Crippen molar-refractivity contribution >= 4 is 15.9 Å². The molecule has 156 valence electrons. The molecule has 1 aromatic rings. The lowest BCUT2D eigenvalue weighted by molar-refractivity contribution is -0.138. The molecule has 0 aromatic heterocycles. The molecule has 1 atom stereocenters. The van der Waals surface area contributed by atoms with E-state index in [-0.39, 0.29) is 23.3 Å². The summed E-state index contributed by atoms with van der Waals surface area (Å²) in [6.45, 7) is 3.76. The van der Waals surface area contributed by atoms with E-state index in [9.17, 15) is 13.2 Å². The first-order valence-corrected chi connectivity index (χ1v) is 11.0. The van der Waals surface area contributed by atoms with Gasteiger partial charge >= 0.3 is 0 Å². The third-order valence-corrected chi connectivity index (χ3v) is 7.40. The van der Waals surface area contributed by atoms with Crippen molar-refractivity contribution < 1.29 is 22.7 Å². The van der Waals surface area contributed by atoms with Crippen molar-refractivity contribution in [2.45, 2.75) is 17.7 Å². The van der Waals surface area contributed by atoms with Crippen molar-refractivity contribution in [2.24, 2.45) is 5.92 Å². The van der Waals surface area contributed by atoms with E-state index in [1.54, 1.807) is 6.07 Å². The molecule has 3 rings (SSSR count). The number of piperidine rings is 1. The molecule has 8 nitrogen and oxygen atoms in total. The Hall–Kier alpha value is -1.84. The van der Waals surface area contributed by atoms with E-state index in [4.69, 9.17) is 9.47 Å².